The molecule has 0 amide bonds. The maximum Gasteiger partial charge on any atom is 0.254 e. The number of hydrogen-bond donors (Lipinski definition) is 2. The van der Waals surface area contributed by atoms with Gasteiger partial charge in [0, 0.05) is 18.7 Å². The fraction of sp³-hybridized carbons (Fsp3) is 0.429. The standard InChI is InChI=1S/C14H18N2O4S/c1-12-4-5-14(13(11-12)3-2-8-17)21(18,19)15-16-6-9-20-10-7-16/h4-5,11,15,17H,6-10H2,1H3. The molecule has 1 heterocycles. The van der Waals surface area contributed by atoms with Crippen molar-refractivity contribution in [2.24, 2.45) is 0 Å². The van der Waals surface area contributed by atoms with Gasteiger partial charge in [-0.25, -0.2) is 13.4 Å². The molecule has 2 N–H and O–H groups in total. The molecule has 1 aliphatic heterocycles. The van der Waals surface area contributed by atoms with Gasteiger partial charge in [-0.1, -0.05) is 17.9 Å². The van der Waals surface area contributed by atoms with Crippen LogP contribution >= 0.6 is 0 Å². The smallest absolute Gasteiger partial charge is 0.254 e. The highest BCUT2D eigenvalue weighted by molar-refractivity contribution is 7.89. The van der Waals surface area contributed by atoms with E-state index in [0.717, 1.165) is 5.56 Å². The van der Waals surface area contributed by atoms with Gasteiger partial charge < -0.3 is 9.84 Å². The topological polar surface area (TPSA) is 78.9 Å². The highest BCUT2D eigenvalue weighted by atomic mass is 32.2. The Kier molecular flexibility index (Phi) is 5.33. The van der Waals surface area contributed by atoms with Crippen LogP contribution in [0.4, 0.5) is 0 Å². The Labute approximate surface area is 124 Å². The van der Waals surface area contributed by atoms with E-state index in [4.69, 9.17) is 9.84 Å². The first-order valence-corrected chi connectivity index (χ1v) is 8.07. The molecule has 1 aliphatic rings. The lowest BCUT2D eigenvalue weighted by Crippen LogP contribution is -2.48. The van der Waals surface area contributed by atoms with Gasteiger partial charge in [0.15, 0.2) is 0 Å². The Morgan fingerprint density at radius 1 is 1.38 bits per heavy atom. The third-order valence-electron chi connectivity index (χ3n) is 2.99. The normalized spacial score (nSPS) is 16.3. The number of hydrogen-bond acceptors (Lipinski definition) is 5. The number of benzene rings is 1. The van der Waals surface area contributed by atoms with Crippen LogP contribution in [0.2, 0.25) is 0 Å². The minimum absolute atomic E-state index is 0.112. The van der Waals surface area contributed by atoms with E-state index in [-0.39, 0.29) is 11.5 Å². The Hall–Kier alpha value is -1.43. The van der Waals surface area contributed by atoms with Gasteiger partial charge in [-0.3, -0.25) is 0 Å². The van der Waals surface area contributed by atoms with Crippen LogP contribution in [0, 0.1) is 18.8 Å². The predicted octanol–water partition coefficient (Wildman–Crippen LogP) is -0.136. The summed E-state index contributed by atoms with van der Waals surface area (Å²) >= 11 is 0. The number of aliphatic hydroxyl groups is 1. The molecule has 0 aromatic heterocycles. The van der Waals surface area contributed by atoms with Crippen molar-refractivity contribution in [3.05, 3.63) is 29.3 Å². The van der Waals surface area contributed by atoms with Crippen LogP contribution in [0.25, 0.3) is 0 Å². The monoisotopic (exact) mass is 310 g/mol. The van der Waals surface area contributed by atoms with E-state index >= 15 is 0 Å². The first-order valence-electron chi connectivity index (χ1n) is 6.58. The second-order valence-electron chi connectivity index (χ2n) is 4.65. The first kappa shape index (κ1) is 15.9. The summed E-state index contributed by atoms with van der Waals surface area (Å²) in [6.07, 6.45) is 0. The van der Waals surface area contributed by atoms with Crippen LogP contribution in [0.5, 0.6) is 0 Å². The molecule has 7 heteroatoms. The number of morpholine rings is 1. The van der Waals surface area contributed by atoms with Crippen LogP contribution < -0.4 is 4.83 Å². The first-order chi connectivity index (χ1) is 10.0. The van der Waals surface area contributed by atoms with E-state index in [0.29, 0.717) is 31.9 Å². The molecule has 0 atom stereocenters. The number of nitrogens with zero attached hydrogens (tertiary/aromatic N) is 1. The van der Waals surface area contributed by atoms with Gasteiger partial charge in [0.1, 0.15) is 6.61 Å². The van der Waals surface area contributed by atoms with E-state index in [1.165, 1.54) is 6.07 Å². The lowest BCUT2D eigenvalue weighted by molar-refractivity contribution is 0.0272. The summed E-state index contributed by atoms with van der Waals surface area (Å²) in [6.45, 7) is 3.53. The van der Waals surface area contributed by atoms with Gasteiger partial charge >= 0.3 is 0 Å². The third kappa shape index (κ3) is 4.27. The fourth-order valence-electron chi connectivity index (χ4n) is 1.98. The number of nitrogens with one attached hydrogen (secondary N) is 1. The molecule has 0 aliphatic carbocycles. The highest BCUT2D eigenvalue weighted by Gasteiger charge is 2.22. The Morgan fingerprint density at radius 3 is 2.76 bits per heavy atom. The molecular weight excluding hydrogens is 292 g/mol. The van der Waals surface area contributed by atoms with Crippen molar-refractivity contribution < 1.29 is 18.3 Å². The molecule has 1 saturated heterocycles. The summed E-state index contributed by atoms with van der Waals surface area (Å²) in [7, 11) is -3.70. The molecule has 0 unspecified atom stereocenters. The molecule has 1 fully saturated rings. The van der Waals surface area contributed by atoms with Crippen molar-refractivity contribution in [3.63, 3.8) is 0 Å². The van der Waals surface area contributed by atoms with Crippen LogP contribution in [-0.2, 0) is 14.8 Å². The quantitative estimate of drug-likeness (QED) is 0.760. The predicted molar refractivity (Wildman–Crippen MR) is 77.9 cm³/mol. The van der Waals surface area contributed by atoms with Gasteiger partial charge in [0.05, 0.1) is 18.1 Å². The second-order valence-corrected chi connectivity index (χ2v) is 6.28. The zero-order valence-corrected chi connectivity index (χ0v) is 12.6. The van der Waals surface area contributed by atoms with Crippen LogP contribution in [0.15, 0.2) is 23.1 Å². The Morgan fingerprint density at radius 2 is 2.10 bits per heavy atom. The Bertz CT molecular complexity index is 655. The molecule has 21 heavy (non-hydrogen) atoms. The average molecular weight is 310 g/mol. The Balaban J connectivity index is 2.30. The summed E-state index contributed by atoms with van der Waals surface area (Å²) in [5.74, 6) is 5.17. The molecule has 114 valence electrons. The number of sulfonamides is 1. The summed E-state index contributed by atoms with van der Waals surface area (Å²) in [4.78, 5) is 2.65. The van der Waals surface area contributed by atoms with E-state index in [1.807, 2.05) is 6.92 Å². The van der Waals surface area contributed by atoms with Gasteiger partial charge in [-0.05, 0) is 24.6 Å². The summed E-state index contributed by atoms with van der Waals surface area (Å²) in [5, 5.41) is 10.4. The van der Waals surface area contributed by atoms with Crippen LogP contribution in [0.3, 0.4) is 0 Å². The minimum Gasteiger partial charge on any atom is -0.384 e. The fourth-order valence-corrected chi connectivity index (χ4v) is 3.25. The number of ether oxygens (including phenoxy) is 1. The average Bonchev–Trinajstić information content (AvgIpc) is 2.45. The van der Waals surface area contributed by atoms with Crippen molar-refractivity contribution >= 4 is 10.0 Å². The van der Waals surface area contributed by atoms with Crippen molar-refractivity contribution in [2.75, 3.05) is 32.9 Å². The maximum atomic E-state index is 12.5. The summed E-state index contributed by atoms with van der Waals surface area (Å²) in [6, 6.07) is 4.94. The van der Waals surface area contributed by atoms with Gasteiger partial charge in [-0.2, -0.15) is 0 Å². The SMILES string of the molecule is Cc1ccc(S(=O)(=O)NN2CCOCC2)c(C#CCO)c1. The molecule has 0 radical (unpaired) electrons. The molecular formula is C14H18N2O4S. The van der Waals surface area contributed by atoms with E-state index in [9.17, 15) is 8.42 Å². The largest absolute Gasteiger partial charge is 0.384 e. The molecule has 0 saturated carbocycles. The lowest BCUT2D eigenvalue weighted by atomic mass is 10.1. The van der Waals surface area contributed by atoms with E-state index in [2.05, 4.69) is 16.7 Å². The van der Waals surface area contributed by atoms with Crippen molar-refractivity contribution in [1.82, 2.24) is 9.84 Å². The molecule has 2 rings (SSSR count). The van der Waals surface area contributed by atoms with Crippen molar-refractivity contribution in [2.45, 2.75) is 11.8 Å². The molecule has 1 aromatic carbocycles. The zero-order chi connectivity index (χ0) is 15.3. The van der Waals surface area contributed by atoms with Gasteiger partial charge in [-0.15, -0.1) is 4.83 Å². The highest BCUT2D eigenvalue weighted by Crippen LogP contribution is 2.17. The maximum absolute atomic E-state index is 12.5. The zero-order valence-electron chi connectivity index (χ0n) is 11.8. The lowest BCUT2D eigenvalue weighted by Gasteiger charge is -2.26. The summed E-state index contributed by atoms with van der Waals surface area (Å²) in [5.41, 5.74) is 1.28. The number of aliphatic hydroxyl groups excluding tert-OH is 1. The number of aryl methyl sites for hydroxylation is 1. The molecule has 0 spiro atoms. The van der Waals surface area contributed by atoms with Gasteiger partial charge in [0.25, 0.3) is 10.0 Å². The molecule has 6 nitrogen and oxygen atoms in total. The van der Waals surface area contributed by atoms with E-state index < -0.39 is 10.0 Å². The molecule has 1 aromatic rings. The van der Waals surface area contributed by atoms with Crippen molar-refractivity contribution in [1.29, 1.82) is 0 Å². The van der Waals surface area contributed by atoms with Crippen molar-refractivity contribution in [3.8, 4) is 11.8 Å². The van der Waals surface area contributed by atoms with E-state index in [1.54, 1.807) is 17.1 Å². The minimum atomic E-state index is -3.70. The number of rotatable bonds is 3. The molecule has 0 bridgehead atoms. The van der Waals surface area contributed by atoms with Gasteiger partial charge in [0.2, 0.25) is 0 Å². The third-order valence-corrected chi connectivity index (χ3v) is 4.42. The summed E-state index contributed by atoms with van der Waals surface area (Å²) < 4.78 is 30.1. The second kappa shape index (κ2) is 7.02. The number of hydrazine groups is 1. The van der Waals surface area contributed by atoms with Crippen LogP contribution in [0.1, 0.15) is 11.1 Å². The van der Waals surface area contributed by atoms with Crippen LogP contribution in [-0.4, -0.2) is 51.4 Å².